The zero-order valence-corrected chi connectivity index (χ0v) is 53.7. The Labute approximate surface area is 507 Å². The van der Waals surface area contributed by atoms with E-state index in [0.29, 0.717) is 19.3 Å². The number of allylic oxidation sites excluding steroid dienone is 20. The minimum atomic E-state index is -0.794. The molecule has 468 valence electrons. The lowest BCUT2D eigenvalue weighted by Gasteiger charge is -2.18. The van der Waals surface area contributed by atoms with Crippen molar-refractivity contribution in [3.63, 3.8) is 0 Å². The molecule has 1 atom stereocenters. The van der Waals surface area contributed by atoms with Crippen LogP contribution in [0.1, 0.15) is 323 Å². The molecule has 6 nitrogen and oxygen atoms in total. The molecule has 1 unspecified atom stereocenters. The van der Waals surface area contributed by atoms with Crippen LogP contribution in [0.15, 0.2) is 122 Å². The monoisotopic (exact) mass is 1140 g/mol. The van der Waals surface area contributed by atoms with Crippen molar-refractivity contribution in [2.24, 2.45) is 0 Å². The van der Waals surface area contributed by atoms with Crippen LogP contribution in [-0.2, 0) is 28.6 Å². The highest BCUT2D eigenvalue weighted by Crippen LogP contribution is 2.16. The molecular formula is C76H128O6. The summed E-state index contributed by atoms with van der Waals surface area (Å²) in [6.45, 7) is 6.51. The topological polar surface area (TPSA) is 78.9 Å². The average Bonchev–Trinajstić information content (AvgIpc) is 3.47. The van der Waals surface area contributed by atoms with Crippen LogP contribution in [0, 0.1) is 0 Å². The van der Waals surface area contributed by atoms with E-state index in [9.17, 15) is 14.4 Å². The lowest BCUT2D eigenvalue weighted by Crippen LogP contribution is -2.30. The zero-order chi connectivity index (χ0) is 59.2. The molecule has 0 heterocycles. The molecule has 0 saturated heterocycles. The molecule has 0 aliphatic carbocycles. The fraction of sp³-hybridized carbons (Fsp3) is 0.697. The van der Waals surface area contributed by atoms with Gasteiger partial charge in [0.2, 0.25) is 0 Å². The quantitative estimate of drug-likeness (QED) is 0.0261. The van der Waals surface area contributed by atoms with Crippen LogP contribution in [-0.4, -0.2) is 37.2 Å². The first-order chi connectivity index (χ1) is 40.5. The Balaban J connectivity index is 4.39. The van der Waals surface area contributed by atoms with E-state index in [-0.39, 0.29) is 31.1 Å². The van der Waals surface area contributed by atoms with Gasteiger partial charge in [0.25, 0.3) is 0 Å². The van der Waals surface area contributed by atoms with Crippen LogP contribution < -0.4 is 0 Å². The second-order valence-corrected chi connectivity index (χ2v) is 22.7. The first kappa shape index (κ1) is 77.8. The Hall–Kier alpha value is -4.19. The highest BCUT2D eigenvalue weighted by atomic mass is 16.6. The van der Waals surface area contributed by atoms with Gasteiger partial charge in [0, 0.05) is 19.3 Å². The second kappa shape index (κ2) is 69.3. The van der Waals surface area contributed by atoms with Crippen LogP contribution in [0.4, 0.5) is 0 Å². The number of hydrogen-bond donors (Lipinski definition) is 0. The number of hydrogen-bond acceptors (Lipinski definition) is 6. The molecule has 82 heavy (non-hydrogen) atoms. The predicted molar refractivity (Wildman–Crippen MR) is 357 cm³/mol. The van der Waals surface area contributed by atoms with Gasteiger partial charge in [-0.05, 0) is 135 Å². The highest BCUT2D eigenvalue weighted by molar-refractivity contribution is 5.71. The maximum atomic E-state index is 12.9. The van der Waals surface area contributed by atoms with Gasteiger partial charge in [-0.3, -0.25) is 14.4 Å². The fourth-order valence-electron chi connectivity index (χ4n) is 9.51. The Bertz CT molecular complexity index is 1690. The van der Waals surface area contributed by atoms with Crippen LogP contribution >= 0.6 is 0 Å². The van der Waals surface area contributed by atoms with Crippen molar-refractivity contribution in [2.45, 2.75) is 329 Å². The molecule has 0 amide bonds. The Kier molecular flexibility index (Phi) is 65.8. The van der Waals surface area contributed by atoms with Crippen LogP contribution in [0.3, 0.4) is 0 Å². The molecule has 0 aliphatic rings. The fourth-order valence-corrected chi connectivity index (χ4v) is 9.51. The number of carbonyl (C=O) groups is 3. The molecule has 0 bridgehead atoms. The average molecular weight is 1140 g/mol. The van der Waals surface area contributed by atoms with E-state index < -0.39 is 6.10 Å². The summed E-state index contributed by atoms with van der Waals surface area (Å²) in [7, 11) is 0. The van der Waals surface area contributed by atoms with Crippen LogP contribution in [0.5, 0.6) is 0 Å². The van der Waals surface area contributed by atoms with Crippen molar-refractivity contribution in [1.29, 1.82) is 0 Å². The summed E-state index contributed by atoms with van der Waals surface area (Å²) in [5.41, 5.74) is 0. The van der Waals surface area contributed by atoms with Crippen molar-refractivity contribution < 1.29 is 28.6 Å². The van der Waals surface area contributed by atoms with Gasteiger partial charge in [0.15, 0.2) is 6.10 Å². The van der Waals surface area contributed by atoms with E-state index in [2.05, 4.69) is 142 Å². The van der Waals surface area contributed by atoms with E-state index in [1.165, 1.54) is 148 Å². The number of carbonyl (C=O) groups excluding carboxylic acids is 3. The first-order valence-corrected chi connectivity index (χ1v) is 34.5. The lowest BCUT2D eigenvalue weighted by atomic mass is 10.1. The normalized spacial score (nSPS) is 12.9. The third-order valence-corrected chi connectivity index (χ3v) is 14.7. The van der Waals surface area contributed by atoms with E-state index in [1.807, 2.05) is 0 Å². The largest absolute Gasteiger partial charge is 0.462 e. The Morgan fingerprint density at radius 1 is 0.256 bits per heavy atom. The van der Waals surface area contributed by atoms with E-state index in [4.69, 9.17) is 14.2 Å². The summed E-state index contributed by atoms with van der Waals surface area (Å²) < 4.78 is 17.0. The summed E-state index contributed by atoms with van der Waals surface area (Å²) in [5, 5.41) is 0. The van der Waals surface area contributed by atoms with Gasteiger partial charge in [0.05, 0.1) is 0 Å². The molecule has 0 aliphatic heterocycles. The lowest BCUT2D eigenvalue weighted by molar-refractivity contribution is -0.167. The van der Waals surface area contributed by atoms with Gasteiger partial charge in [-0.25, -0.2) is 0 Å². The number of unbranched alkanes of at least 4 members (excludes halogenated alkanes) is 31. The summed E-state index contributed by atoms with van der Waals surface area (Å²) in [5.74, 6) is -0.906. The molecule has 0 radical (unpaired) electrons. The molecular weight excluding hydrogens is 1010 g/mol. The number of ether oxygens (including phenoxy) is 3. The molecule has 0 aromatic carbocycles. The second-order valence-electron chi connectivity index (χ2n) is 22.7. The maximum absolute atomic E-state index is 12.9. The smallest absolute Gasteiger partial charge is 0.306 e. The zero-order valence-electron chi connectivity index (χ0n) is 53.7. The molecule has 0 fully saturated rings. The number of esters is 3. The molecule has 0 saturated carbocycles. The Morgan fingerprint density at radius 2 is 0.476 bits per heavy atom. The molecule has 0 aromatic heterocycles. The first-order valence-electron chi connectivity index (χ1n) is 34.5. The Morgan fingerprint density at radius 3 is 0.768 bits per heavy atom. The van der Waals surface area contributed by atoms with Gasteiger partial charge < -0.3 is 14.2 Å². The molecule has 0 N–H and O–H groups in total. The van der Waals surface area contributed by atoms with Crippen molar-refractivity contribution in [3.8, 4) is 0 Å². The van der Waals surface area contributed by atoms with Crippen molar-refractivity contribution in [1.82, 2.24) is 0 Å². The molecule has 0 spiro atoms. The maximum Gasteiger partial charge on any atom is 0.306 e. The van der Waals surface area contributed by atoms with E-state index in [1.54, 1.807) is 0 Å². The van der Waals surface area contributed by atoms with E-state index in [0.717, 1.165) is 135 Å². The predicted octanol–water partition coefficient (Wildman–Crippen LogP) is 23.9. The molecule has 6 heteroatoms. The number of rotatable bonds is 62. The molecule has 0 aromatic rings. The van der Waals surface area contributed by atoms with Crippen molar-refractivity contribution in [3.05, 3.63) is 122 Å². The molecule has 0 rings (SSSR count). The highest BCUT2D eigenvalue weighted by Gasteiger charge is 2.19. The standard InChI is InChI=1S/C76H128O6/c1-4-7-10-13-16-19-22-25-28-31-33-34-35-36-37-38-39-40-41-42-44-45-48-51-54-57-60-63-66-69-75(78)81-72-73(71-80-74(77)68-65-62-59-56-53-50-47-30-27-24-21-18-15-12-9-6-3)82-76(79)70-67-64-61-58-55-52-49-46-43-32-29-26-23-20-17-14-11-8-5-2/h7,10,16,19,21,24-26,28-30,33-34,36-37,39-40,42,44,47,73H,4-6,8-9,11-15,17-18,20,22-23,27,31-32,35,38,41,43,45-46,48-72H2,1-3H3/b10-7-,19-16-,24-21-,28-25-,29-26-,34-33-,37-36-,40-39-,44-42-,47-30-. The van der Waals surface area contributed by atoms with Gasteiger partial charge in [-0.2, -0.15) is 0 Å². The van der Waals surface area contributed by atoms with Crippen LogP contribution in [0.25, 0.3) is 0 Å². The summed E-state index contributed by atoms with van der Waals surface area (Å²) in [4.78, 5) is 38.4. The summed E-state index contributed by atoms with van der Waals surface area (Å²) >= 11 is 0. The minimum Gasteiger partial charge on any atom is -0.462 e. The van der Waals surface area contributed by atoms with Gasteiger partial charge in [-0.1, -0.05) is 290 Å². The summed E-state index contributed by atoms with van der Waals surface area (Å²) in [6.07, 6.45) is 96.3. The van der Waals surface area contributed by atoms with Crippen LogP contribution in [0.2, 0.25) is 0 Å². The SMILES string of the molecule is CC/C=C\C/C=C\C/C=C\C/C=C\C/C=C\C/C=C\C/C=C\CCCCCCCCCC(=O)OCC(COC(=O)CCCCCCC/C=C\C/C=C\CCCCCC)OC(=O)CCCCCCCCCCC/C=C\CCCCCCCC. The van der Waals surface area contributed by atoms with Crippen molar-refractivity contribution >= 4 is 17.9 Å². The summed E-state index contributed by atoms with van der Waals surface area (Å²) in [6, 6.07) is 0. The van der Waals surface area contributed by atoms with Gasteiger partial charge in [-0.15, -0.1) is 0 Å². The van der Waals surface area contributed by atoms with Crippen molar-refractivity contribution in [2.75, 3.05) is 13.2 Å². The third kappa shape index (κ3) is 66.6. The van der Waals surface area contributed by atoms with Gasteiger partial charge in [0.1, 0.15) is 13.2 Å². The minimum absolute atomic E-state index is 0.0903. The van der Waals surface area contributed by atoms with E-state index >= 15 is 0 Å². The van der Waals surface area contributed by atoms with Gasteiger partial charge >= 0.3 is 17.9 Å². The third-order valence-electron chi connectivity index (χ3n) is 14.7.